The van der Waals surface area contributed by atoms with Gasteiger partial charge in [0.1, 0.15) is 17.2 Å². The maximum absolute atomic E-state index is 13.2. The molecule has 1 saturated heterocycles. The van der Waals surface area contributed by atoms with Crippen molar-refractivity contribution in [3.05, 3.63) is 53.6 Å². The highest BCUT2D eigenvalue weighted by Gasteiger charge is 2.32. The van der Waals surface area contributed by atoms with E-state index in [-0.39, 0.29) is 24.5 Å². The van der Waals surface area contributed by atoms with Gasteiger partial charge in [-0.05, 0) is 54.7 Å². The van der Waals surface area contributed by atoms with Crippen LogP contribution in [0.3, 0.4) is 0 Å². The van der Waals surface area contributed by atoms with E-state index in [1.807, 2.05) is 35.2 Å². The Hall–Kier alpha value is -2.73. The second-order valence-electron chi connectivity index (χ2n) is 8.23. The van der Waals surface area contributed by atoms with E-state index in [4.69, 9.17) is 14.2 Å². The van der Waals surface area contributed by atoms with Crippen LogP contribution >= 0.6 is 0 Å². The van der Waals surface area contributed by atoms with Crippen LogP contribution in [0.2, 0.25) is 0 Å². The van der Waals surface area contributed by atoms with Crippen molar-refractivity contribution in [2.75, 3.05) is 34.4 Å². The zero-order valence-electron chi connectivity index (χ0n) is 19.2. The Balaban J connectivity index is 1.72. The van der Waals surface area contributed by atoms with Crippen LogP contribution in [0.25, 0.3) is 0 Å². The minimum atomic E-state index is -0.00200. The number of hydrogen-bond acceptors (Lipinski definition) is 5. The molecule has 1 aliphatic heterocycles. The summed E-state index contributed by atoms with van der Waals surface area (Å²) in [6.07, 6.45) is 1.89. The van der Waals surface area contributed by atoms with Crippen molar-refractivity contribution < 1.29 is 19.0 Å². The minimum absolute atomic E-state index is 0.00200. The summed E-state index contributed by atoms with van der Waals surface area (Å²) in [4.78, 5) is 15.2. The van der Waals surface area contributed by atoms with E-state index in [9.17, 15) is 4.79 Å². The van der Waals surface area contributed by atoms with E-state index in [1.165, 1.54) is 0 Å². The lowest BCUT2D eigenvalue weighted by atomic mass is 9.96. The number of ether oxygens (including phenoxy) is 3. The van der Waals surface area contributed by atoms with Crippen LogP contribution in [-0.4, -0.2) is 45.2 Å². The first-order valence-corrected chi connectivity index (χ1v) is 10.9. The van der Waals surface area contributed by atoms with Crippen LogP contribution in [0.4, 0.5) is 0 Å². The summed E-state index contributed by atoms with van der Waals surface area (Å²) < 4.78 is 16.2. The zero-order chi connectivity index (χ0) is 22.4. The first-order chi connectivity index (χ1) is 15.0. The monoisotopic (exact) mass is 426 g/mol. The number of nitrogens with one attached hydrogen (secondary N) is 1. The zero-order valence-corrected chi connectivity index (χ0v) is 19.2. The topological polar surface area (TPSA) is 60.0 Å². The summed E-state index contributed by atoms with van der Waals surface area (Å²) in [6.45, 7) is 5.36. The van der Waals surface area contributed by atoms with Gasteiger partial charge in [0.25, 0.3) is 0 Å². The minimum Gasteiger partial charge on any atom is -0.497 e. The van der Waals surface area contributed by atoms with Crippen molar-refractivity contribution >= 4 is 5.91 Å². The number of carbonyl (C=O) groups excluding carboxylic acids is 1. The quantitative estimate of drug-likeness (QED) is 0.646. The Kier molecular flexibility index (Phi) is 7.80. The Bertz CT molecular complexity index is 866. The van der Waals surface area contributed by atoms with E-state index in [0.29, 0.717) is 5.92 Å². The Morgan fingerprint density at radius 3 is 2.32 bits per heavy atom. The van der Waals surface area contributed by atoms with Gasteiger partial charge < -0.3 is 24.4 Å². The fraction of sp³-hybridized carbons (Fsp3) is 0.480. The molecule has 0 spiro atoms. The maximum atomic E-state index is 13.2. The van der Waals surface area contributed by atoms with Crippen LogP contribution in [-0.2, 0) is 4.79 Å². The lowest BCUT2D eigenvalue weighted by molar-refractivity contribution is -0.131. The molecule has 168 valence electrons. The highest BCUT2D eigenvalue weighted by Crippen LogP contribution is 2.39. The molecule has 0 radical (unpaired) electrons. The summed E-state index contributed by atoms with van der Waals surface area (Å²) in [7, 11) is 4.98. The molecule has 6 heteroatoms. The molecule has 2 atom stereocenters. The molecule has 1 heterocycles. The van der Waals surface area contributed by atoms with Crippen molar-refractivity contribution in [2.45, 2.75) is 38.8 Å². The molecule has 31 heavy (non-hydrogen) atoms. The predicted molar refractivity (Wildman–Crippen MR) is 122 cm³/mol. The van der Waals surface area contributed by atoms with Gasteiger partial charge in [-0.25, -0.2) is 0 Å². The van der Waals surface area contributed by atoms with Crippen molar-refractivity contribution in [2.24, 2.45) is 5.92 Å². The van der Waals surface area contributed by atoms with Gasteiger partial charge in [0.2, 0.25) is 5.91 Å². The van der Waals surface area contributed by atoms with E-state index < -0.39 is 0 Å². The Morgan fingerprint density at radius 1 is 1.03 bits per heavy atom. The van der Waals surface area contributed by atoms with Crippen molar-refractivity contribution in [3.63, 3.8) is 0 Å². The summed E-state index contributed by atoms with van der Waals surface area (Å²) in [5, 5.41) is 3.48. The smallest absolute Gasteiger partial charge is 0.237 e. The molecular formula is C25H34N2O4. The summed E-state index contributed by atoms with van der Waals surface area (Å²) in [5.41, 5.74) is 2.15. The first-order valence-electron chi connectivity index (χ1n) is 10.9. The molecule has 3 rings (SSSR count). The number of nitrogens with zero attached hydrogens (tertiary/aromatic N) is 1. The molecule has 1 fully saturated rings. The SMILES string of the molecule is COc1ccc(C(NCC(=O)N2CCCC2c2cc(OC)ccc2OC)C(C)C)cc1. The standard InChI is InChI=1S/C25H34N2O4/c1-17(2)25(18-8-10-19(29-3)11-9-18)26-16-24(28)27-14-6-7-22(27)21-15-20(30-4)12-13-23(21)31-5/h8-13,15,17,22,25-26H,6-7,14,16H2,1-5H3. The molecule has 6 nitrogen and oxygen atoms in total. The number of methoxy groups -OCH3 is 3. The number of likely N-dealkylation sites (tertiary alicyclic amines) is 1. The molecule has 1 N–H and O–H groups in total. The molecular weight excluding hydrogens is 392 g/mol. The predicted octanol–water partition coefficient (Wildman–Crippen LogP) is 4.36. The van der Waals surface area contributed by atoms with E-state index in [1.54, 1.807) is 21.3 Å². The van der Waals surface area contributed by atoms with E-state index >= 15 is 0 Å². The Morgan fingerprint density at radius 2 is 1.71 bits per heavy atom. The first kappa shape index (κ1) is 22.9. The molecule has 1 aliphatic rings. The van der Waals surface area contributed by atoms with Gasteiger partial charge in [-0.2, -0.15) is 0 Å². The summed E-state index contributed by atoms with van der Waals surface area (Å²) in [6, 6.07) is 13.9. The third kappa shape index (κ3) is 5.31. The third-order valence-corrected chi connectivity index (χ3v) is 5.98. The fourth-order valence-electron chi connectivity index (χ4n) is 4.34. The number of amides is 1. The van der Waals surface area contributed by atoms with Gasteiger partial charge in [-0.15, -0.1) is 0 Å². The van der Waals surface area contributed by atoms with Crippen molar-refractivity contribution in [1.29, 1.82) is 0 Å². The van der Waals surface area contributed by atoms with Crippen LogP contribution in [0.1, 0.15) is 49.9 Å². The normalized spacial score (nSPS) is 17.0. The van der Waals surface area contributed by atoms with Crippen molar-refractivity contribution in [1.82, 2.24) is 10.2 Å². The van der Waals surface area contributed by atoms with E-state index in [0.717, 1.165) is 47.8 Å². The fourth-order valence-corrected chi connectivity index (χ4v) is 4.34. The highest BCUT2D eigenvalue weighted by molar-refractivity contribution is 5.79. The lowest BCUT2D eigenvalue weighted by Crippen LogP contribution is -2.40. The second kappa shape index (κ2) is 10.5. The molecule has 2 unspecified atom stereocenters. The van der Waals surface area contributed by atoms with Crippen LogP contribution in [0.15, 0.2) is 42.5 Å². The molecule has 0 aromatic heterocycles. The van der Waals surface area contributed by atoms with E-state index in [2.05, 4.69) is 31.3 Å². The molecule has 0 aliphatic carbocycles. The van der Waals surface area contributed by atoms with Gasteiger partial charge >= 0.3 is 0 Å². The van der Waals surface area contributed by atoms with Gasteiger partial charge in [0.05, 0.1) is 33.9 Å². The summed E-state index contributed by atoms with van der Waals surface area (Å²) >= 11 is 0. The number of rotatable bonds is 9. The number of hydrogen-bond donors (Lipinski definition) is 1. The second-order valence-corrected chi connectivity index (χ2v) is 8.23. The van der Waals surface area contributed by atoms with Gasteiger partial charge in [-0.3, -0.25) is 4.79 Å². The molecule has 0 bridgehead atoms. The van der Waals surface area contributed by atoms with Gasteiger partial charge in [0, 0.05) is 18.2 Å². The van der Waals surface area contributed by atoms with Gasteiger partial charge in [0.15, 0.2) is 0 Å². The van der Waals surface area contributed by atoms with Gasteiger partial charge in [-0.1, -0.05) is 26.0 Å². The van der Waals surface area contributed by atoms with Crippen LogP contribution < -0.4 is 19.5 Å². The van der Waals surface area contributed by atoms with Crippen molar-refractivity contribution in [3.8, 4) is 17.2 Å². The largest absolute Gasteiger partial charge is 0.497 e. The molecule has 1 amide bonds. The average molecular weight is 427 g/mol. The highest BCUT2D eigenvalue weighted by atomic mass is 16.5. The third-order valence-electron chi connectivity index (χ3n) is 5.98. The maximum Gasteiger partial charge on any atom is 0.237 e. The number of benzene rings is 2. The van der Waals surface area contributed by atoms with Crippen LogP contribution in [0.5, 0.6) is 17.2 Å². The summed E-state index contributed by atoms with van der Waals surface area (Å²) in [5.74, 6) is 2.83. The number of carbonyl (C=O) groups is 1. The molecule has 0 saturated carbocycles. The van der Waals surface area contributed by atoms with Crippen LogP contribution in [0, 0.1) is 5.92 Å². The lowest BCUT2D eigenvalue weighted by Gasteiger charge is -2.29. The average Bonchev–Trinajstić information content (AvgIpc) is 3.28. The molecule has 2 aromatic rings. The molecule has 2 aromatic carbocycles. The Labute approximate surface area is 185 Å².